The number of Topliss-reactive ketones (excluding diaryl/α,β-unsaturated/α-hetero) is 2. The van der Waals surface area contributed by atoms with Crippen LogP contribution in [0.3, 0.4) is 0 Å². The van der Waals surface area contributed by atoms with Crippen molar-refractivity contribution < 1.29 is 14.3 Å². The van der Waals surface area contributed by atoms with Gasteiger partial charge in [0, 0.05) is 19.4 Å². The van der Waals surface area contributed by atoms with Gasteiger partial charge in [-0.15, -0.1) is 0 Å². The van der Waals surface area contributed by atoms with Crippen molar-refractivity contribution in [2.45, 2.75) is 59.8 Å². The first kappa shape index (κ1) is 17.3. The van der Waals surface area contributed by atoms with Crippen LogP contribution in [0.15, 0.2) is 0 Å². The van der Waals surface area contributed by atoms with Crippen molar-refractivity contribution in [3.05, 3.63) is 0 Å². The molecule has 0 atom stereocenters. The zero-order valence-electron chi connectivity index (χ0n) is 12.3. The first-order valence-electron chi connectivity index (χ1n) is 7.03. The van der Waals surface area contributed by atoms with E-state index in [9.17, 15) is 9.59 Å². The van der Waals surface area contributed by atoms with E-state index in [1.807, 2.05) is 0 Å². The lowest BCUT2D eigenvalue weighted by atomic mass is 10.0. The molecule has 0 aromatic carbocycles. The van der Waals surface area contributed by atoms with Crippen molar-refractivity contribution >= 4 is 11.6 Å². The van der Waals surface area contributed by atoms with Crippen LogP contribution in [0, 0.1) is 11.8 Å². The molecule has 106 valence electrons. The van der Waals surface area contributed by atoms with E-state index in [0.717, 1.165) is 12.8 Å². The van der Waals surface area contributed by atoms with Crippen LogP contribution in [0.4, 0.5) is 0 Å². The summed E-state index contributed by atoms with van der Waals surface area (Å²) in [5.41, 5.74) is 0. The number of carbonyl (C=O) groups excluding carboxylic acids is 2. The van der Waals surface area contributed by atoms with Gasteiger partial charge in [-0.3, -0.25) is 9.59 Å². The van der Waals surface area contributed by atoms with Crippen molar-refractivity contribution in [1.29, 1.82) is 0 Å². The van der Waals surface area contributed by atoms with Gasteiger partial charge in [0.05, 0.1) is 13.0 Å². The summed E-state index contributed by atoms with van der Waals surface area (Å²) >= 11 is 0. The predicted molar refractivity (Wildman–Crippen MR) is 73.6 cm³/mol. The maximum Gasteiger partial charge on any atom is 0.142 e. The summed E-state index contributed by atoms with van der Waals surface area (Å²) in [6, 6.07) is 0. The molecule has 3 heteroatoms. The smallest absolute Gasteiger partial charge is 0.142 e. The lowest BCUT2D eigenvalue weighted by Crippen LogP contribution is -2.11. The molecular formula is C15H28O3. The Morgan fingerprint density at radius 2 is 1.39 bits per heavy atom. The first-order valence-corrected chi connectivity index (χ1v) is 7.03. The Labute approximate surface area is 111 Å². The summed E-state index contributed by atoms with van der Waals surface area (Å²) in [6.07, 6.45) is 2.86. The molecule has 3 nitrogen and oxygen atoms in total. The van der Waals surface area contributed by atoms with Crippen molar-refractivity contribution in [2.24, 2.45) is 11.8 Å². The molecule has 0 N–H and O–H groups in total. The summed E-state index contributed by atoms with van der Waals surface area (Å²) in [5, 5.41) is 0. The van der Waals surface area contributed by atoms with E-state index in [4.69, 9.17) is 4.74 Å². The van der Waals surface area contributed by atoms with Crippen LogP contribution in [0.2, 0.25) is 0 Å². The van der Waals surface area contributed by atoms with Gasteiger partial charge in [-0.2, -0.15) is 0 Å². The average Bonchev–Trinajstić information content (AvgIpc) is 2.25. The van der Waals surface area contributed by atoms with Gasteiger partial charge in [0.1, 0.15) is 11.6 Å². The molecule has 0 aromatic rings. The molecule has 0 rings (SSSR count). The summed E-state index contributed by atoms with van der Waals surface area (Å²) in [5.74, 6) is 1.21. The first-order chi connectivity index (χ1) is 8.41. The monoisotopic (exact) mass is 256 g/mol. The van der Waals surface area contributed by atoms with E-state index in [1.165, 1.54) is 0 Å². The fourth-order valence-corrected chi connectivity index (χ4v) is 1.45. The Hall–Kier alpha value is -0.700. The molecular weight excluding hydrogens is 228 g/mol. The summed E-state index contributed by atoms with van der Waals surface area (Å²) in [4.78, 5) is 23.0. The zero-order valence-corrected chi connectivity index (χ0v) is 12.3. The van der Waals surface area contributed by atoms with Crippen LogP contribution in [-0.2, 0) is 14.3 Å². The van der Waals surface area contributed by atoms with Crippen LogP contribution in [0.25, 0.3) is 0 Å². The van der Waals surface area contributed by atoms with Gasteiger partial charge in [-0.25, -0.2) is 0 Å². The van der Waals surface area contributed by atoms with Gasteiger partial charge in [0.25, 0.3) is 0 Å². The molecule has 0 bridgehead atoms. The molecule has 18 heavy (non-hydrogen) atoms. The second-order valence-corrected chi connectivity index (χ2v) is 5.73. The molecule has 0 heterocycles. The lowest BCUT2D eigenvalue weighted by molar-refractivity contribution is -0.127. The number of hydrogen-bond donors (Lipinski definition) is 0. The van der Waals surface area contributed by atoms with Crippen molar-refractivity contribution in [2.75, 3.05) is 13.2 Å². The van der Waals surface area contributed by atoms with Gasteiger partial charge in [0.2, 0.25) is 0 Å². The topological polar surface area (TPSA) is 43.4 Å². The van der Waals surface area contributed by atoms with E-state index in [0.29, 0.717) is 37.9 Å². The number of carbonyl (C=O) groups is 2. The number of ketones is 2. The molecule has 0 fully saturated rings. The highest BCUT2D eigenvalue weighted by Crippen LogP contribution is 2.06. The third-order valence-corrected chi connectivity index (χ3v) is 2.76. The maximum absolute atomic E-state index is 11.5. The van der Waals surface area contributed by atoms with Gasteiger partial charge in [-0.05, 0) is 24.7 Å². The highest BCUT2D eigenvalue weighted by atomic mass is 16.5. The van der Waals surface area contributed by atoms with Crippen LogP contribution in [0.1, 0.15) is 59.8 Å². The van der Waals surface area contributed by atoms with E-state index >= 15 is 0 Å². The number of ether oxygens (including phenoxy) is 1. The Balaban J connectivity index is 3.50. The predicted octanol–water partition coefficient (Wildman–Crippen LogP) is 3.40. The molecule has 0 radical (unpaired) electrons. The van der Waals surface area contributed by atoms with Crippen molar-refractivity contribution in [1.82, 2.24) is 0 Å². The third-order valence-electron chi connectivity index (χ3n) is 2.76. The van der Waals surface area contributed by atoms with Gasteiger partial charge in [-0.1, -0.05) is 27.7 Å². The Kier molecular flexibility index (Phi) is 9.85. The molecule has 0 aliphatic rings. The molecule has 0 saturated carbocycles. The van der Waals surface area contributed by atoms with Crippen LogP contribution < -0.4 is 0 Å². The van der Waals surface area contributed by atoms with E-state index in [2.05, 4.69) is 27.7 Å². The molecule has 0 aliphatic carbocycles. The minimum Gasteiger partial charge on any atom is -0.381 e. The van der Waals surface area contributed by atoms with Crippen molar-refractivity contribution in [3.63, 3.8) is 0 Å². The average molecular weight is 256 g/mol. The molecule has 0 aliphatic heterocycles. The highest BCUT2D eigenvalue weighted by Gasteiger charge is 2.10. The molecule has 0 amide bonds. The largest absolute Gasteiger partial charge is 0.381 e. The summed E-state index contributed by atoms with van der Waals surface area (Å²) in [6.45, 7) is 9.59. The molecule has 0 saturated heterocycles. The van der Waals surface area contributed by atoms with Gasteiger partial charge < -0.3 is 4.74 Å². The van der Waals surface area contributed by atoms with Crippen LogP contribution >= 0.6 is 0 Å². The van der Waals surface area contributed by atoms with Crippen molar-refractivity contribution in [3.8, 4) is 0 Å². The minimum atomic E-state index is 0.00769. The van der Waals surface area contributed by atoms with Crippen LogP contribution in [-0.4, -0.2) is 24.8 Å². The number of rotatable bonds is 11. The lowest BCUT2D eigenvalue weighted by Gasteiger charge is -2.06. The zero-order chi connectivity index (χ0) is 14.0. The van der Waals surface area contributed by atoms with Gasteiger partial charge in [0.15, 0.2) is 0 Å². The fourth-order valence-electron chi connectivity index (χ4n) is 1.45. The number of hydrogen-bond acceptors (Lipinski definition) is 3. The third kappa shape index (κ3) is 11.8. The van der Waals surface area contributed by atoms with Crippen LogP contribution in [0.5, 0.6) is 0 Å². The standard InChI is InChI=1S/C15H28O3/c1-12(2)5-6-14(16)11-15(17)8-10-18-9-7-13(3)4/h12-13H,5-11H2,1-4H3. The van der Waals surface area contributed by atoms with E-state index in [-0.39, 0.29) is 18.0 Å². The van der Waals surface area contributed by atoms with E-state index < -0.39 is 0 Å². The van der Waals surface area contributed by atoms with Gasteiger partial charge >= 0.3 is 0 Å². The Morgan fingerprint density at radius 3 is 1.94 bits per heavy atom. The second kappa shape index (κ2) is 10.2. The maximum atomic E-state index is 11.5. The quantitative estimate of drug-likeness (QED) is 0.420. The molecule has 0 spiro atoms. The van der Waals surface area contributed by atoms with E-state index in [1.54, 1.807) is 0 Å². The highest BCUT2D eigenvalue weighted by molar-refractivity contribution is 5.99. The second-order valence-electron chi connectivity index (χ2n) is 5.73. The molecule has 0 aromatic heterocycles. The normalized spacial score (nSPS) is 11.2. The summed E-state index contributed by atoms with van der Waals surface area (Å²) < 4.78 is 5.36. The minimum absolute atomic E-state index is 0.00769. The Morgan fingerprint density at radius 1 is 0.833 bits per heavy atom. The fraction of sp³-hybridized carbons (Fsp3) is 0.867. The molecule has 0 unspecified atom stereocenters. The SMILES string of the molecule is CC(C)CCOCCC(=O)CC(=O)CCC(C)C. The summed E-state index contributed by atoms with van der Waals surface area (Å²) in [7, 11) is 0. The Bertz CT molecular complexity index is 244.